The van der Waals surface area contributed by atoms with Gasteiger partial charge in [0.15, 0.2) is 5.65 Å². The first-order chi connectivity index (χ1) is 8.75. The number of hydrogen-bond acceptors (Lipinski definition) is 4. The van der Waals surface area contributed by atoms with Crippen molar-refractivity contribution in [2.75, 3.05) is 0 Å². The van der Waals surface area contributed by atoms with Crippen molar-refractivity contribution in [2.45, 2.75) is 0 Å². The molecule has 0 bridgehead atoms. The van der Waals surface area contributed by atoms with Gasteiger partial charge in [-0.05, 0) is 18.2 Å². The number of para-hydroxylation sites is 1. The van der Waals surface area contributed by atoms with Crippen LogP contribution in [-0.4, -0.2) is 19.5 Å². The monoisotopic (exact) mass is 240 g/mol. The fraction of sp³-hybridized carbons (Fsp3) is 0. The second-order valence-corrected chi connectivity index (χ2v) is 3.79. The van der Waals surface area contributed by atoms with Gasteiger partial charge in [-0.1, -0.05) is 12.1 Å². The minimum absolute atomic E-state index is 0.0879. The van der Waals surface area contributed by atoms with E-state index >= 15 is 0 Å². The summed E-state index contributed by atoms with van der Waals surface area (Å²) in [5, 5.41) is 18.6. The van der Waals surface area contributed by atoms with E-state index in [0.717, 1.165) is 5.56 Å². The van der Waals surface area contributed by atoms with Crippen LogP contribution in [-0.2, 0) is 0 Å². The lowest BCUT2D eigenvalue weighted by Gasteiger charge is -2.03. The Kier molecular flexibility index (Phi) is 2.26. The minimum atomic E-state index is -0.383. The van der Waals surface area contributed by atoms with Crippen LogP contribution in [0.15, 0.2) is 48.9 Å². The summed E-state index contributed by atoms with van der Waals surface area (Å²) in [6, 6.07) is 10.2. The van der Waals surface area contributed by atoms with Crippen LogP contribution in [0.4, 0.5) is 5.69 Å². The molecule has 0 saturated heterocycles. The molecule has 6 heteroatoms. The second kappa shape index (κ2) is 3.92. The molecule has 0 unspecified atom stereocenters. The van der Waals surface area contributed by atoms with Gasteiger partial charge < -0.3 is 0 Å². The third-order valence-corrected chi connectivity index (χ3v) is 2.70. The predicted octanol–water partition coefficient (Wildman–Crippen LogP) is 2.30. The quantitative estimate of drug-likeness (QED) is 0.509. The lowest BCUT2D eigenvalue weighted by Crippen LogP contribution is -1.92. The Morgan fingerprint density at radius 3 is 2.83 bits per heavy atom. The lowest BCUT2D eigenvalue weighted by atomic mass is 10.1. The van der Waals surface area contributed by atoms with Crippen molar-refractivity contribution in [2.24, 2.45) is 0 Å². The van der Waals surface area contributed by atoms with Crippen LogP contribution in [0, 0.1) is 10.1 Å². The summed E-state index contributed by atoms with van der Waals surface area (Å²) in [5.74, 6) is 0. The molecule has 3 rings (SSSR count). The van der Waals surface area contributed by atoms with E-state index in [1.165, 1.54) is 6.07 Å². The summed E-state index contributed by atoms with van der Waals surface area (Å²) < 4.78 is 1.73. The van der Waals surface area contributed by atoms with Crippen molar-refractivity contribution in [3.8, 4) is 11.1 Å². The number of hydrogen-bond donors (Lipinski definition) is 0. The molecule has 88 valence electrons. The molecule has 0 N–H and O–H groups in total. The first-order valence-corrected chi connectivity index (χ1v) is 5.29. The fourth-order valence-corrected chi connectivity index (χ4v) is 1.86. The maximum atomic E-state index is 11.0. The summed E-state index contributed by atoms with van der Waals surface area (Å²) in [7, 11) is 0. The van der Waals surface area contributed by atoms with Crippen molar-refractivity contribution in [1.82, 2.24) is 14.6 Å². The molecule has 1 aromatic carbocycles. The van der Waals surface area contributed by atoms with Crippen molar-refractivity contribution >= 4 is 11.3 Å². The number of benzene rings is 1. The molecule has 0 radical (unpaired) electrons. The second-order valence-electron chi connectivity index (χ2n) is 3.79. The number of fused-ring (bicyclic) bond motifs is 1. The molecule has 0 fully saturated rings. The SMILES string of the molecule is O=[N+]([O-])c1ccccc1-c1ccc2nncn2c1. The highest BCUT2D eigenvalue weighted by molar-refractivity contribution is 5.73. The van der Waals surface area contributed by atoms with E-state index in [2.05, 4.69) is 10.2 Å². The van der Waals surface area contributed by atoms with Gasteiger partial charge in [0.25, 0.3) is 5.69 Å². The van der Waals surface area contributed by atoms with Crippen LogP contribution in [0.25, 0.3) is 16.8 Å². The molecule has 0 aliphatic rings. The maximum Gasteiger partial charge on any atom is 0.277 e. The van der Waals surface area contributed by atoms with E-state index in [1.54, 1.807) is 47.3 Å². The zero-order valence-corrected chi connectivity index (χ0v) is 9.22. The third kappa shape index (κ3) is 1.60. The molecule has 0 saturated carbocycles. The van der Waals surface area contributed by atoms with E-state index in [-0.39, 0.29) is 10.6 Å². The van der Waals surface area contributed by atoms with Gasteiger partial charge in [0, 0.05) is 17.8 Å². The highest BCUT2D eigenvalue weighted by Crippen LogP contribution is 2.29. The molecule has 0 aliphatic heterocycles. The number of pyridine rings is 1. The molecule has 0 aliphatic carbocycles. The third-order valence-electron chi connectivity index (χ3n) is 2.70. The Labute approximate surface area is 102 Å². The van der Waals surface area contributed by atoms with Gasteiger partial charge in [0.1, 0.15) is 6.33 Å². The van der Waals surface area contributed by atoms with Crippen molar-refractivity contribution in [1.29, 1.82) is 0 Å². The standard InChI is InChI=1S/C12H8N4O2/c17-16(18)11-4-2-1-3-10(11)9-5-6-12-14-13-8-15(12)7-9/h1-8H. The highest BCUT2D eigenvalue weighted by atomic mass is 16.6. The zero-order valence-electron chi connectivity index (χ0n) is 9.22. The Morgan fingerprint density at radius 2 is 2.00 bits per heavy atom. The molecule has 18 heavy (non-hydrogen) atoms. The average molecular weight is 240 g/mol. The van der Waals surface area contributed by atoms with Crippen LogP contribution in [0.1, 0.15) is 0 Å². The molecular weight excluding hydrogens is 232 g/mol. The molecule has 0 spiro atoms. The maximum absolute atomic E-state index is 11.0. The zero-order chi connectivity index (χ0) is 12.5. The van der Waals surface area contributed by atoms with E-state index in [9.17, 15) is 10.1 Å². The van der Waals surface area contributed by atoms with Gasteiger partial charge in [-0.3, -0.25) is 14.5 Å². The van der Waals surface area contributed by atoms with E-state index in [1.807, 2.05) is 0 Å². The van der Waals surface area contributed by atoms with Crippen LogP contribution in [0.5, 0.6) is 0 Å². The van der Waals surface area contributed by atoms with Crippen LogP contribution >= 0.6 is 0 Å². The fourth-order valence-electron chi connectivity index (χ4n) is 1.86. The van der Waals surface area contributed by atoms with Gasteiger partial charge in [0.2, 0.25) is 0 Å². The predicted molar refractivity (Wildman–Crippen MR) is 65.1 cm³/mol. The average Bonchev–Trinajstić information content (AvgIpc) is 2.85. The number of nitro benzene ring substituents is 1. The number of rotatable bonds is 2. The van der Waals surface area contributed by atoms with E-state index < -0.39 is 0 Å². The number of nitrogens with zero attached hydrogens (tertiary/aromatic N) is 4. The number of nitro groups is 1. The Bertz CT molecular complexity index is 736. The normalized spacial score (nSPS) is 10.7. The van der Waals surface area contributed by atoms with Gasteiger partial charge >= 0.3 is 0 Å². The summed E-state index contributed by atoms with van der Waals surface area (Å²) in [6.45, 7) is 0. The summed E-state index contributed by atoms with van der Waals surface area (Å²) >= 11 is 0. The summed E-state index contributed by atoms with van der Waals surface area (Å²) in [4.78, 5) is 10.6. The van der Waals surface area contributed by atoms with Crippen LogP contribution < -0.4 is 0 Å². The van der Waals surface area contributed by atoms with Gasteiger partial charge in [-0.2, -0.15) is 0 Å². The smallest absolute Gasteiger partial charge is 0.277 e. The molecule has 6 nitrogen and oxygen atoms in total. The Morgan fingerprint density at radius 1 is 1.17 bits per heavy atom. The molecule has 3 aromatic rings. The summed E-state index contributed by atoms with van der Waals surface area (Å²) in [5.41, 5.74) is 2.13. The van der Waals surface area contributed by atoms with Gasteiger partial charge in [-0.25, -0.2) is 0 Å². The van der Waals surface area contributed by atoms with Gasteiger partial charge in [-0.15, -0.1) is 10.2 Å². The molecule has 2 aromatic heterocycles. The van der Waals surface area contributed by atoms with Crippen LogP contribution in [0.2, 0.25) is 0 Å². The molecule has 2 heterocycles. The van der Waals surface area contributed by atoms with Gasteiger partial charge in [0.05, 0.1) is 10.5 Å². The lowest BCUT2D eigenvalue weighted by molar-refractivity contribution is -0.384. The Hall–Kier alpha value is -2.76. The van der Waals surface area contributed by atoms with Crippen molar-refractivity contribution in [3.05, 3.63) is 59.0 Å². The first kappa shape index (κ1) is 10.4. The van der Waals surface area contributed by atoms with Crippen molar-refractivity contribution in [3.63, 3.8) is 0 Å². The topological polar surface area (TPSA) is 73.3 Å². The largest absolute Gasteiger partial charge is 0.288 e. The Balaban J connectivity index is 2.22. The van der Waals surface area contributed by atoms with E-state index in [4.69, 9.17) is 0 Å². The minimum Gasteiger partial charge on any atom is -0.288 e. The van der Waals surface area contributed by atoms with Crippen molar-refractivity contribution < 1.29 is 4.92 Å². The highest BCUT2D eigenvalue weighted by Gasteiger charge is 2.14. The number of aromatic nitrogens is 3. The summed E-state index contributed by atoms with van der Waals surface area (Å²) in [6.07, 6.45) is 3.34. The molecular formula is C12H8N4O2. The molecule has 0 atom stereocenters. The molecule has 0 amide bonds. The van der Waals surface area contributed by atoms with E-state index in [0.29, 0.717) is 11.2 Å². The van der Waals surface area contributed by atoms with Crippen LogP contribution in [0.3, 0.4) is 0 Å². The first-order valence-electron chi connectivity index (χ1n) is 5.29.